The van der Waals surface area contributed by atoms with Crippen molar-refractivity contribution >= 4 is 5.96 Å². The summed E-state index contributed by atoms with van der Waals surface area (Å²) in [6.07, 6.45) is 4.39. The molecular weight excluding hydrogens is 362 g/mol. The first-order valence-corrected chi connectivity index (χ1v) is 10.7. The maximum atomic E-state index is 5.59. The highest BCUT2D eigenvalue weighted by atomic mass is 16.3. The Kier molecular flexibility index (Phi) is 8.14. The van der Waals surface area contributed by atoms with Gasteiger partial charge in [-0.25, -0.2) is 4.99 Å². The Hall–Kier alpha value is -2.31. The van der Waals surface area contributed by atoms with Crippen LogP contribution in [0, 0.1) is 0 Å². The summed E-state index contributed by atoms with van der Waals surface area (Å²) in [5.74, 6) is 1.78. The zero-order valence-corrected chi connectivity index (χ0v) is 18.0. The fourth-order valence-electron chi connectivity index (χ4n) is 3.67. The average molecular weight is 398 g/mol. The number of aliphatic imine (C=N–C) groups is 1. The molecule has 1 aromatic carbocycles. The van der Waals surface area contributed by atoms with Gasteiger partial charge in [-0.15, -0.1) is 0 Å². The molecule has 1 aromatic heterocycles. The molecule has 0 saturated carbocycles. The van der Waals surface area contributed by atoms with E-state index in [1.807, 2.05) is 12.1 Å². The van der Waals surface area contributed by atoms with Crippen molar-refractivity contribution in [3.63, 3.8) is 0 Å². The Labute approximate surface area is 175 Å². The molecule has 0 aliphatic carbocycles. The first kappa shape index (κ1) is 21.4. The summed E-state index contributed by atoms with van der Waals surface area (Å²) in [6.45, 7) is 7.82. The molecule has 29 heavy (non-hydrogen) atoms. The van der Waals surface area contributed by atoms with Crippen molar-refractivity contribution in [3.05, 3.63) is 59.5 Å². The van der Waals surface area contributed by atoms with Crippen molar-refractivity contribution < 1.29 is 4.42 Å². The van der Waals surface area contributed by atoms with Crippen molar-refractivity contribution in [2.45, 2.75) is 38.9 Å². The van der Waals surface area contributed by atoms with E-state index in [4.69, 9.17) is 9.41 Å². The van der Waals surface area contributed by atoms with Crippen molar-refractivity contribution in [1.29, 1.82) is 0 Å². The fraction of sp³-hybridized carbons (Fsp3) is 0.522. The number of hydrogen-bond acceptors (Lipinski definition) is 4. The van der Waals surface area contributed by atoms with E-state index in [2.05, 4.69) is 65.7 Å². The minimum atomic E-state index is 0.152. The number of benzene rings is 1. The van der Waals surface area contributed by atoms with Gasteiger partial charge in [-0.3, -0.25) is 9.80 Å². The van der Waals surface area contributed by atoms with Gasteiger partial charge in [-0.2, -0.15) is 0 Å². The van der Waals surface area contributed by atoms with E-state index >= 15 is 0 Å². The Morgan fingerprint density at radius 2 is 1.83 bits per heavy atom. The van der Waals surface area contributed by atoms with Gasteiger partial charge >= 0.3 is 0 Å². The average Bonchev–Trinajstić information content (AvgIpc) is 3.41. The number of likely N-dealkylation sites (tertiary alicyclic amines) is 1. The van der Waals surface area contributed by atoms with Crippen LogP contribution in [0.1, 0.15) is 42.7 Å². The van der Waals surface area contributed by atoms with Crippen molar-refractivity contribution in [3.8, 4) is 0 Å². The van der Waals surface area contributed by atoms with Gasteiger partial charge < -0.3 is 15.1 Å². The van der Waals surface area contributed by atoms with E-state index in [1.165, 1.54) is 37.1 Å². The van der Waals surface area contributed by atoms with Crippen molar-refractivity contribution in [2.24, 2.45) is 4.99 Å². The summed E-state index contributed by atoms with van der Waals surface area (Å²) < 4.78 is 5.59. The number of nitrogens with one attached hydrogen (secondary N) is 2. The zero-order valence-electron chi connectivity index (χ0n) is 18.0. The third-order valence-corrected chi connectivity index (χ3v) is 5.35. The zero-order chi connectivity index (χ0) is 20.5. The lowest BCUT2D eigenvalue weighted by Crippen LogP contribution is -2.41. The third-order valence-electron chi connectivity index (χ3n) is 5.35. The van der Waals surface area contributed by atoms with Crippen LogP contribution in [0.2, 0.25) is 0 Å². The lowest BCUT2D eigenvalue weighted by molar-refractivity contribution is 0.258. The van der Waals surface area contributed by atoms with Crippen LogP contribution < -0.4 is 10.6 Å². The second-order valence-corrected chi connectivity index (χ2v) is 7.87. The maximum Gasteiger partial charge on any atom is 0.191 e. The molecule has 0 radical (unpaired) electrons. The quantitative estimate of drug-likeness (QED) is 0.503. The molecule has 1 saturated heterocycles. The van der Waals surface area contributed by atoms with E-state index in [-0.39, 0.29) is 6.04 Å². The molecule has 1 aliphatic heterocycles. The molecule has 6 nitrogen and oxygen atoms in total. The largest absolute Gasteiger partial charge is 0.468 e. The molecule has 3 rings (SSSR count). The lowest BCUT2D eigenvalue weighted by atomic mass is 10.1. The Morgan fingerprint density at radius 3 is 2.45 bits per heavy atom. The number of hydrogen-bond donors (Lipinski definition) is 2. The predicted octanol–water partition coefficient (Wildman–Crippen LogP) is 3.23. The van der Waals surface area contributed by atoms with Gasteiger partial charge in [0.15, 0.2) is 5.96 Å². The summed E-state index contributed by atoms with van der Waals surface area (Å²) in [7, 11) is 4.12. The third kappa shape index (κ3) is 6.61. The van der Waals surface area contributed by atoms with Crippen molar-refractivity contribution in [1.82, 2.24) is 20.4 Å². The Bertz CT molecular complexity index is 733. The van der Waals surface area contributed by atoms with Gasteiger partial charge in [0.2, 0.25) is 0 Å². The maximum absolute atomic E-state index is 5.59. The first-order chi connectivity index (χ1) is 14.2. The molecule has 1 fully saturated rings. The summed E-state index contributed by atoms with van der Waals surface area (Å²) in [6, 6.07) is 13.0. The molecule has 2 aromatic rings. The van der Waals surface area contributed by atoms with Crippen LogP contribution in [0.15, 0.2) is 52.1 Å². The molecule has 1 unspecified atom stereocenters. The standard InChI is InChI=1S/C23H35N5O/c1-4-24-23(26-17-21(27(2)3)22-8-7-15-29-22)25-16-19-9-11-20(12-10-19)18-28-13-5-6-14-28/h7-12,15,21H,4-6,13-14,16-18H2,1-3H3,(H2,24,25,26). The summed E-state index contributed by atoms with van der Waals surface area (Å²) in [4.78, 5) is 9.44. The molecule has 0 amide bonds. The minimum Gasteiger partial charge on any atom is -0.468 e. The van der Waals surface area contributed by atoms with Gasteiger partial charge in [0.1, 0.15) is 5.76 Å². The summed E-state index contributed by atoms with van der Waals surface area (Å²) in [5.41, 5.74) is 2.61. The van der Waals surface area contributed by atoms with Crippen LogP contribution in [0.4, 0.5) is 0 Å². The highest BCUT2D eigenvalue weighted by molar-refractivity contribution is 5.79. The van der Waals surface area contributed by atoms with Crippen LogP contribution in [0.3, 0.4) is 0 Å². The molecule has 0 bridgehead atoms. The van der Waals surface area contributed by atoms with Crippen LogP contribution in [-0.2, 0) is 13.1 Å². The summed E-state index contributed by atoms with van der Waals surface area (Å²) in [5, 5.41) is 6.79. The van der Waals surface area contributed by atoms with E-state index in [0.29, 0.717) is 6.54 Å². The van der Waals surface area contributed by atoms with Crippen LogP contribution >= 0.6 is 0 Å². The monoisotopic (exact) mass is 397 g/mol. The van der Waals surface area contributed by atoms with E-state index < -0.39 is 0 Å². The van der Waals surface area contributed by atoms with Crippen molar-refractivity contribution in [2.75, 3.05) is 40.3 Å². The van der Waals surface area contributed by atoms with E-state index in [9.17, 15) is 0 Å². The predicted molar refractivity (Wildman–Crippen MR) is 119 cm³/mol. The number of furan rings is 1. The molecule has 2 heterocycles. The van der Waals surface area contributed by atoms with Crippen LogP contribution in [-0.4, -0.2) is 56.0 Å². The van der Waals surface area contributed by atoms with E-state index in [0.717, 1.165) is 31.4 Å². The molecular formula is C23H35N5O. The SMILES string of the molecule is CCNC(=NCc1ccc(CN2CCCC2)cc1)NCC(c1ccco1)N(C)C. The number of rotatable bonds is 9. The highest BCUT2D eigenvalue weighted by Crippen LogP contribution is 2.17. The molecule has 2 N–H and O–H groups in total. The minimum absolute atomic E-state index is 0.152. The van der Waals surface area contributed by atoms with Gasteiger partial charge in [-0.1, -0.05) is 24.3 Å². The second-order valence-electron chi connectivity index (χ2n) is 7.87. The smallest absolute Gasteiger partial charge is 0.191 e. The number of likely N-dealkylation sites (N-methyl/N-ethyl adjacent to an activating group) is 1. The van der Waals surface area contributed by atoms with Gasteiger partial charge in [0.05, 0.1) is 18.8 Å². The molecule has 6 heteroatoms. The normalized spacial score (nSPS) is 16.3. The van der Waals surface area contributed by atoms with Crippen LogP contribution in [0.5, 0.6) is 0 Å². The molecule has 158 valence electrons. The Morgan fingerprint density at radius 1 is 1.10 bits per heavy atom. The lowest BCUT2D eigenvalue weighted by Gasteiger charge is -2.23. The molecule has 1 atom stereocenters. The topological polar surface area (TPSA) is 56.0 Å². The van der Waals surface area contributed by atoms with Gasteiger partial charge in [0, 0.05) is 19.6 Å². The molecule has 0 spiro atoms. The summed E-state index contributed by atoms with van der Waals surface area (Å²) >= 11 is 0. The van der Waals surface area contributed by atoms with E-state index in [1.54, 1.807) is 6.26 Å². The number of nitrogens with zero attached hydrogens (tertiary/aromatic N) is 3. The first-order valence-electron chi connectivity index (χ1n) is 10.7. The second kappa shape index (κ2) is 11.0. The number of guanidine groups is 1. The fourth-order valence-corrected chi connectivity index (χ4v) is 3.67. The highest BCUT2D eigenvalue weighted by Gasteiger charge is 2.17. The van der Waals surface area contributed by atoms with Gasteiger partial charge in [-0.05, 0) is 70.2 Å². The van der Waals surface area contributed by atoms with Gasteiger partial charge in [0.25, 0.3) is 0 Å². The Balaban J connectivity index is 1.55. The molecule has 1 aliphatic rings. The van der Waals surface area contributed by atoms with Crippen LogP contribution in [0.25, 0.3) is 0 Å².